The fraction of sp³-hybridized carbons (Fsp3) is 0.0833. The van der Waals surface area contributed by atoms with Gasteiger partial charge in [0.25, 0.3) is 0 Å². The topological polar surface area (TPSA) is 58.8 Å². The Balaban J connectivity index is 2.34. The zero-order valence-electron chi connectivity index (χ0n) is 9.65. The number of alkyl halides is 3. The lowest BCUT2D eigenvalue weighted by Crippen LogP contribution is -2.09. The molecule has 1 aromatic heterocycles. The molecule has 0 spiro atoms. The monoisotopic (exact) mass is 299 g/mol. The van der Waals surface area contributed by atoms with E-state index in [0.717, 1.165) is 0 Å². The van der Waals surface area contributed by atoms with Gasteiger partial charge in [-0.1, -0.05) is 6.07 Å². The highest BCUT2D eigenvalue weighted by molar-refractivity contribution is 6.28. The van der Waals surface area contributed by atoms with Crippen LogP contribution in [0.3, 0.4) is 0 Å². The molecule has 102 valence electrons. The number of hydrogen-bond acceptors (Lipinski definition) is 4. The van der Waals surface area contributed by atoms with E-state index in [4.69, 9.17) is 21.6 Å². The van der Waals surface area contributed by atoms with Crippen molar-refractivity contribution in [2.45, 2.75) is 6.18 Å². The minimum atomic E-state index is -4.65. The van der Waals surface area contributed by atoms with Gasteiger partial charge in [-0.05, 0) is 29.8 Å². The Hall–Kier alpha value is -2.33. The van der Waals surface area contributed by atoms with Gasteiger partial charge in [-0.25, -0.2) is 4.98 Å². The summed E-state index contributed by atoms with van der Waals surface area (Å²) in [7, 11) is 0. The smallest absolute Gasteiger partial charge is 0.433 e. The Kier molecular flexibility index (Phi) is 3.77. The molecule has 1 heterocycles. The van der Waals surface area contributed by atoms with E-state index in [1.165, 1.54) is 24.3 Å². The van der Waals surface area contributed by atoms with E-state index < -0.39 is 17.2 Å². The molecular weight excluding hydrogens is 295 g/mol. The fourth-order valence-corrected chi connectivity index (χ4v) is 1.52. The van der Waals surface area contributed by atoms with Gasteiger partial charge < -0.3 is 4.74 Å². The van der Waals surface area contributed by atoms with Crippen LogP contribution in [0.2, 0.25) is 5.28 Å². The first kappa shape index (κ1) is 14.1. The molecule has 0 unspecified atom stereocenters. The first-order chi connectivity index (χ1) is 9.38. The van der Waals surface area contributed by atoms with E-state index >= 15 is 0 Å². The summed E-state index contributed by atoms with van der Waals surface area (Å²) in [5.74, 6) is -0.181. The number of aromatic nitrogens is 2. The number of hydrogen-bond donors (Lipinski definition) is 0. The molecule has 0 amide bonds. The highest BCUT2D eigenvalue weighted by atomic mass is 35.5. The summed E-state index contributed by atoms with van der Waals surface area (Å²) >= 11 is 5.43. The van der Waals surface area contributed by atoms with Crippen LogP contribution in [0.1, 0.15) is 11.3 Å². The number of nitriles is 1. The first-order valence-electron chi connectivity index (χ1n) is 5.18. The summed E-state index contributed by atoms with van der Waals surface area (Å²) in [5, 5.41) is 8.14. The van der Waals surface area contributed by atoms with E-state index in [1.807, 2.05) is 6.07 Å². The number of rotatable bonds is 2. The fourth-order valence-electron chi connectivity index (χ4n) is 1.34. The highest BCUT2D eigenvalue weighted by Crippen LogP contribution is 2.31. The second-order valence-electron chi connectivity index (χ2n) is 3.60. The van der Waals surface area contributed by atoms with Crippen LogP contribution >= 0.6 is 11.6 Å². The van der Waals surface area contributed by atoms with Gasteiger partial charge >= 0.3 is 6.18 Å². The minimum absolute atomic E-state index is 0.173. The summed E-state index contributed by atoms with van der Waals surface area (Å²) in [5.41, 5.74) is -0.900. The summed E-state index contributed by atoms with van der Waals surface area (Å²) in [4.78, 5) is 6.62. The van der Waals surface area contributed by atoms with Crippen LogP contribution in [0.5, 0.6) is 11.6 Å². The molecule has 0 atom stereocenters. The molecular formula is C12H5ClF3N3O. The van der Waals surface area contributed by atoms with Crippen LogP contribution in [0.15, 0.2) is 30.3 Å². The Morgan fingerprint density at radius 1 is 1.20 bits per heavy atom. The number of halogens is 4. The quantitative estimate of drug-likeness (QED) is 0.791. The highest BCUT2D eigenvalue weighted by Gasteiger charge is 2.33. The normalized spacial score (nSPS) is 10.9. The molecule has 2 rings (SSSR count). The van der Waals surface area contributed by atoms with Gasteiger partial charge in [-0.3, -0.25) is 0 Å². The molecule has 4 nitrogen and oxygen atoms in total. The number of nitrogens with zero attached hydrogens (tertiary/aromatic N) is 3. The maximum Gasteiger partial charge on any atom is 0.433 e. The van der Waals surface area contributed by atoms with Crippen molar-refractivity contribution in [3.63, 3.8) is 0 Å². The molecule has 20 heavy (non-hydrogen) atoms. The Morgan fingerprint density at radius 3 is 2.60 bits per heavy atom. The lowest BCUT2D eigenvalue weighted by atomic mass is 10.2. The summed E-state index contributed by atoms with van der Waals surface area (Å²) in [6.07, 6.45) is -4.65. The van der Waals surface area contributed by atoms with Crippen molar-refractivity contribution in [2.24, 2.45) is 0 Å². The maximum absolute atomic E-state index is 12.6. The van der Waals surface area contributed by atoms with Crippen molar-refractivity contribution in [1.82, 2.24) is 9.97 Å². The van der Waals surface area contributed by atoms with Crippen LogP contribution < -0.4 is 4.74 Å². The van der Waals surface area contributed by atoms with Crippen LogP contribution in [0, 0.1) is 11.3 Å². The average Bonchev–Trinajstić information content (AvgIpc) is 2.37. The van der Waals surface area contributed by atoms with Crippen molar-refractivity contribution in [1.29, 1.82) is 5.26 Å². The third-order valence-electron chi connectivity index (χ3n) is 2.15. The molecule has 8 heteroatoms. The van der Waals surface area contributed by atoms with Crippen molar-refractivity contribution in [2.75, 3.05) is 0 Å². The number of benzene rings is 1. The van der Waals surface area contributed by atoms with Gasteiger partial charge in [0.2, 0.25) is 11.2 Å². The summed E-state index contributed by atoms with van der Waals surface area (Å²) in [6.45, 7) is 0. The summed E-state index contributed by atoms with van der Waals surface area (Å²) < 4.78 is 42.8. The number of ether oxygens (including phenoxy) is 1. The third-order valence-corrected chi connectivity index (χ3v) is 2.32. The molecule has 0 bridgehead atoms. The van der Waals surface area contributed by atoms with Gasteiger partial charge in [0.05, 0.1) is 11.6 Å². The standard InChI is InChI=1S/C12H5ClF3N3O/c13-11-18-9(12(14,15)16)5-10(19-11)20-8-3-1-2-7(4-8)6-17/h1-5H. The lowest BCUT2D eigenvalue weighted by Gasteiger charge is -2.09. The minimum Gasteiger partial charge on any atom is -0.439 e. The second kappa shape index (κ2) is 5.35. The lowest BCUT2D eigenvalue weighted by molar-refractivity contribution is -0.141. The molecule has 0 aliphatic carbocycles. The van der Waals surface area contributed by atoms with E-state index in [2.05, 4.69) is 9.97 Å². The molecule has 2 aromatic rings. The molecule has 1 aromatic carbocycles. The zero-order valence-corrected chi connectivity index (χ0v) is 10.4. The molecule has 0 N–H and O–H groups in total. The van der Waals surface area contributed by atoms with Crippen molar-refractivity contribution >= 4 is 11.6 Å². The molecule has 0 aliphatic rings. The molecule has 0 saturated heterocycles. The van der Waals surface area contributed by atoms with Gasteiger partial charge in [0.15, 0.2) is 5.69 Å². The second-order valence-corrected chi connectivity index (χ2v) is 3.94. The van der Waals surface area contributed by atoms with E-state index in [-0.39, 0.29) is 11.6 Å². The van der Waals surface area contributed by atoms with E-state index in [0.29, 0.717) is 11.6 Å². The van der Waals surface area contributed by atoms with Gasteiger partial charge in [0.1, 0.15) is 5.75 Å². The summed E-state index contributed by atoms with van der Waals surface area (Å²) in [6, 6.07) is 8.41. The Bertz CT molecular complexity index is 682. The predicted molar refractivity (Wildman–Crippen MR) is 63.3 cm³/mol. The molecule has 0 aliphatic heterocycles. The van der Waals surface area contributed by atoms with E-state index in [9.17, 15) is 13.2 Å². The SMILES string of the molecule is N#Cc1cccc(Oc2cc(C(F)(F)F)nc(Cl)n2)c1. The van der Waals surface area contributed by atoms with Crippen LogP contribution in [-0.4, -0.2) is 9.97 Å². The van der Waals surface area contributed by atoms with Gasteiger partial charge in [0, 0.05) is 6.07 Å². The predicted octanol–water partition coefficient (Wildman–Crippen LogP) is 3.81. The Morgan fingerprint density at radius 2 is 1.95 bits per heavy atom. The van der Waals surface area contributed by atoms with Crippen LogP contribution in [0.25, 0.3) is 0 Å². The zero-order chi connectivity index (χ0) is 14.8. The Labute approximate surface area is 116 Å². The largest absolute Gasteiger partial charge is 0.439 e. The van der Waals surface area contributed by atoms with Crippen LogP contribution in [-0.2, 0) is 6.18 Å². The van der Waals surface area contributed by atoms with Gasteiger partial charge in [-0.15, -0.1) is 0 Å². The first-order valence-corrected chi connectivity index (χ1v) is 5.56. The molecule has 0 fully saturated rings. The van der Waals surface area contributed by atoms with Gasteiger partial charge in [-0.2, -0.15) is 23.4 Å². The molecule has 0 saturated carbocycles. The van der Waals surface area contributed by atoms with Crippen molar-refractivity contribution in [3.8, 4) is 17.7 Å². The van der Waals surface area contributed by atoms with Crippen molar-refractivity contribution < 1.29 is 17.9 Å². The maximum atomic E-state index is 12.6. The average molecular weight is 300 g/mol. The third kappa shape index (κ3) is 3.36. The van der Waals surface area contributed by atoms with E-state index in [1.54, 1.807) is 0 Å². The molecule has 0 radical (unpaired) electrons. The van der Waals surface area contributed by atoms with Crippen molar-refractivity contribution in [3.05, 3.63) is 46.9 Å². The van der Waals surface area contributed by atoms with Crippen LogP contribution in [0.4, 0.5) is 13.2 Å².